The summed E-state index contributed by atoms with van der Waals surface area (Å²) in [7, 11) is 0. The number of anilines is 1. The lowest BCUT2D eigenvalue weighted by Gasteiger charge is -2.29. The standard InChI is InChI=1S/C33H31N3O6/c37-30(36-29-9-5-4-8-28(29)33(39)40)20-22-10-19-31(34-21-22)42-27-17-15-26(16-18-27)41-25-13-11-24(12-14-25)35-32(38)23-6-2-1-3-7-23/h1-10,15-19,21,24-25H,11-14,20H2,(H,35,38)(H,36,37)(H,39,40). The molecule has 1 fully saturated rings. The molecule has 1 aromatic heterocycles. The number of carboxylic acid groups (broad SMARTS) is 1. The van der Waals surface area contributed by atoms with Gasteiger partial charge in [-0.15, -0.1) is 0 Å². The van der Waals surface area contributed by atoms with E-state index in [1.807, 2.05) is 54.6 Å². The minimum atomic E-state index is -1.11. The van der Waals surface area contributed by atoms with Crippen LogP contribution in [-0.2, 0) is 11.2 Å². The number of ether oxygens (including phenoxy) is 2. The summed E-state index contributed by atoms with van der Waals surface area (Å²) in [5.74, 6) is 0.225. The van der Waals surface area contributed by atoms with Gasteiger partial charge in [-0.2, -0.15) is 0 Å². The van der Waals surface area contributed by atoms with Crippen LogP contribution in [0.15, 0.2) is 97.2 Å². The highest BCUT2D eigenvalue weighted by Crippen LogP contribution is 2.27. The lowest BCUT2D eigenvalue weighted by Crippen LogP contribution is -2.39. The first-order valence-electron chi connectivity index (χ1n) is 13.8. The molecule has 3 aromatic carbocycles. The Bertz CT molecular complexity index is 1520. The number of para-hydroxylation sites is 1. The second-order valence-electron chi connectivity index (χ2n) is 10.1. The average Bonchev–Trinajstić information content (AvgIpc) is 3.00. The summed E-state index contributed by atoms with van der Waals surface area (Å²) in [6.07, 6.45) is 5.12. The Kier molecular flexibility index (Phi) is 9.08. The minimum Gasteiger partial charge on any atom is -0.490 e. The zero-order valence-electron chi connectivity index (χ0n) is 22.9. The smallest absolute Gasteiger partial charge is 0.337 e. The summed E-state index contributed by atoms with van der Waals surface area (Å²) in [5.41, 5.74) is 1.61. The van der Waals surface area contributed by atoms with Crippen molar-refractivity contribution in [3.63, 3.8) is 0 Å². The van der Waals surface area contributed by atoms with Crippen LogP contribution in [0.2, 0.25) is 0 Å². The number of carbonyl (C=O) groups excluding carboxylic acids is 2. The summed E-state index contributed by atoms with van der Waals surface area (Å²) in [4.78, 5) is 40.5. The van der Waals surface area contributed by atoms with Crippen molar-refractivity contribution in [3.05, 3.63) is 114 Å². The van der Waals surface area contributed by atoms with Crippen molar-refractivity contribution in [1.29, 1.82) is 0 Å². The first kappa shape index (κ1) is 28.4. The Hall–Kier alpha value is -5.18. The fourth-order valence-corrected chi connectivity index (χ4v) is 4.82. The largest absolute Gasteiger partial charge is 0.490 e. The fraction of sp³-hybridized carbons (Fsp3) is 0.212. The monoisotopic (exact) mass is 565 g/mol. The number of amides is 2. The number of aromatic nitrogens is 1. The summed E-state index contributed by atoms with van der Waals surface area (Å²) in [6.45, 7) is 0. The molecule has 0 unspecified atom stereocenters. The maximum atomic E-state index is 12.4. The molecule has 9 nitrogen and oxygen atoms in total. The summed E-state index contributed by atoms with van der Waals surface area (Å²) < 4.78 is 12.0. The third-order valence-corrected chi connectivity index (χ3v) is 6.99. The van der Waals surface area contributed by atoms with Crippen LogP contribution in [0.25, 0.3) is 0 Å². The number of nitrogens with one attached hydrogen (secondary N) is 2. The van der Waals surface area contributed by atoms with Crippen molar-refractivity contribution >= 4 is 23.5 Å². The van der Waals surface area contributed by atoms with E-state index in [0.717, 1.165) is 31.4 Å². The van der Waals surface area contributed by atoms with Gasteiger partial charge in [-0.1, -0.05) is 36.4 Å². The van der Waals surface area contributed by atoms with Crippen molar-refractivity contribution in [3.8, 4) is 17.4 Å². The highest BCUT2D eigenvalue weighted by molar-refractivity contribution is 6.01. The van der Waals surface area contributed by atoms with Crippen LogP contribution in [-0.4, -0.2) is 40.0 Å². The molecule has 0 radical (unpaired) electrons. The number of hydrogen-bond acceptors (Lipinski definition) is 6. The van der Waals surface area contributed by atoms with Crippen LogP contribution in [0.4, 0.5) is 5.69 Å². The molecule has 0 saturated heterocycles. The van der Waals surface area contributed by atoms with E-state index in [2.05, 4.69) is 15.6 Å². The Morgan fingerprint density at radius 3 is 2.19 bits per heavy atom. The van der Waals surface area contributed by atoms with Gasteiger partial charge in [0.1, 0.15) is 11.5 Å². The lowest BCUT2D eigenvalue weighted by molar-refractivity contribution is -0.115. The topological polar surface area (TPSA) is 127 Å². The molecule has 4 aromatic rings. The molecular formula is C33H31N3O6. The summed E-state index contributed by atoms with van der Waals surface area (Å²) >= 11 is 0. The first-order valence-corrected chi connectivity index (χ1v) is 13.8. The number of benzene rings is 3. The molecule has 0 atom stereocenters. The molecule has 1 heterocycles. The van der Waals surface area contributed by atoms with Crippen molar-refractivity contribution in [2.45, 2.75) is 44.2 Å². The van der Waals surface area contributed by atoms with Gasteiger partial charge < -0.3 is 25.2 Å². The van der Waals surface area contributed by atoms with E-state index in [0.29, 0.717) is 22.8 Å². The van der Waals surface area contributed by atoms with Gasteiger partial charge in [-0.3, -0.25) is 9.59 Å². The Morgan fingerprint density at radius 1 is 0.810 bits per heavy atom. The number of pyridine rings is 1. The molecule has 3 N–H and O–H groups in total. The van der Waals surface area contributed by atoms with Gasteiger partial charge >= 0.3 is 5.97 Å². The second-order valence-corrected chi connectivity index (χ2v) is 10.1. The van der Waals surface area contributed by atoms with E-state index in [4.69, 9.17) is 9.47 Å². The Morgan fingerprint density at radius 2 is 1.50 bits per heavy atom. The molecule has 214 valence electrons. The van der Waals surface area contributed by atoms with Gasteiger partial charge in [0.2, 0.25) is 11.8 Å². The fourth-order valence-electron chi connectivity index (χ4n) is 4.82. The predicted molar refractivity (Wildman–Crippen MR) is 157 cm³/mol. The van der Waals surface area contributed by atoms with Gasteiger partial charge in [0, 0.05) is 23.9 Å². The molecule has 1 aliphatic carbocycles. The Balaban J connectivity index is 1.06. The van der Waals surface area contributed by atoms with Gasteiger partial charge in [0.25, 0.3) is 5.91 Å². The quantitative estimate of drug-likeness (QED) is 0.219. The number of carboxylic acids is 1. The highest BCUT2D eigenvalue weighted by Gasteiger charge is 2.24. The zero-order chi connectivity index (χ0) is 29.3. The van der Waals surface area contributed by atoms with Crippen LogP contribution in [0, 0.1) is 0 Å². The number of carbonyl (C=O) groups is 3. The molecule has 9 heteroatoms. The van der Waals surface area contributed by atoms with Gasteiger partial charge in [-0.05, 0) is 79.8 Å². The second kappa shape index (κ2) is 13.5. The third kappa shape index (κ3) is 7.72. The summed E-state index contributed by atoms with van der Waals surface area (Å²) in [5, 5.41) is 15.0. The number of rotatable bonds is 10. The van der Waals surface area contributed by atoms with Gasteiger partial charge in [0.05, 0.1) is 23.8 Å². The normalized spacial score (nSPS) is 16.2. The molecule has 5 rings (SSSR count). The van der Waals surface area contributed by atoms with Crippen molar-refractivity contribution in [2.24, 2.45) is 0 Å². The van der Waals surface area contributed by atoms with Crippen molar-refractivity contribution in [2.75, 3.05) is 5.32 Å². The number of hydrogen-bond donors (Lipinski definition) is 3. The molecule has 42 heavy (non-hydrogen) atoms. The molecule has 0 aliphatic heterocycles. The highest BCUT2D eigenvalue weighted by atomic mass is 16.5. The average molecular weight is 566 g/mol. The van der Waals surface area contributed by atoms with E-state index in [-0.39, 0.29) is 41.6 Å². The van der Waals surface area contributed by atoms with Gasteiger partial charge in [0.15, 0.2) is 0 Å². The van der Waals surface area contributed by atoms with E-state index in [1.165, 1.54) is 6.07 Å². The molecule has 2 amide bonds. The Labute approximate surface area is 243 Å². The predicted octanol–water partition coefficient (Wildman–Crippen LogP) is 5.87. The van der Waals surface area contributed by atoms with Crippen molar-refractivity contribution < 1.29 is 29.0 Å². The van der Waals surface area contributed by atoms with Crippen LogP contribution in [0.3, 0.4) is 0 Å². The van der Waals surface area contributed by atoms with E-state index in [1.54, 1.807) is 36.5 Å². The van der Waals surface area contributed by atoms with E-state index in [9.17, 15) is 19.5 Å². The minimum absolute atomic E-state index is 0.0287. The first-order chi connectivity index (χ1) is 20.4. The van der Waals surface area contributed by atoms with Crippen LogP contribution < -0.4 is 20.1 Å². The van der Waals surface area contributed by atoms with Crippen LogP contribution in [0.5, 0.6) is 17.4 Å². The van der Waals surface area contributed by atoms with Crippen LogP contribution >= 0.6 is 0 Å². The summed E-state index contributed by atoms with van der Waals surface area (Å²) in [6, 6.07) is 26.4. The number of nitrogens with zero attached hydrogens (tertiary/aromatic N) is 1. The van der Waals surface area contributed by atoms with E-state index < -0.39 is 5.97 Å². The molecule has 0 spiro atoms. The van der Waals surface area contributed by atoms with Crippen LogP contribution in [0.1, 0.15) is 52.0 Å². The SMILES string of the molecule is O=C(Cc1ccc(Oc2ccc(OC3CCC(NC(=O)c4ccccc4)CC3)cc2)nc1)Nc1ccccc1C(=O)O. The zero-order valence-corrected chi connectivity index (χ0v) is 22.9. The molecule has 1 saturated carbocycles. The molecule has 0 bridgehead atoms. The van der Waals surface area contributed by atoms with Crippen molar-refractivity contribution in [1.82, 2.24) is 10.3 Å². The maximum absolute atomic E-state index is 12.4. The number of aromatic carboxylic acids is 1. The maximum Gasteiger partial charge on any atom is 0.337 e. The lowest BCUT2D eigenvalue weighted by atomic mass is 9.92. The van der Waals surface area contributed by atoms with Gasteiger partial charge in [-0.25, -0.2) is 9.78 Å². The van der Waals surface area contributed by atoms with E-state index >= 15 is 0 Å². The molecular weight excluding hydrogens is 534 g/mol. The molecule has 1 aliphatic rings. The third-order valence-electron chi connectivity index (χ3n) is 6.99.